The van der Waals surface area contributed by atoms with E-state index in [9.17, 15) is 4.79 Å². The molecule has 1 aliphatic carbocycles. The van der Waals surface area contributed by atoms with Gasteiger partial charge in [0.1, 0.15) is 5.75 Å². The van der Waals surface area contributed by atoms with E-state index in [1.165, 1.54) is 5.56 Å². The summed E-state index contributed by atoms with van der Waals surface area (Å²) in [5.74, 6) is 0.218. The molecule has 1 aliphatic heterocycles. The lowest BCUT2D eigenvalue weighted by molar-refractivity contribution is -0.137. The van der Waals surface area contributed by atoms with Gasteiger partial charge in [0.05, 0.1) is 17.5 Å². The third-order valence-electron chi connectivity index (χ3n) is 3.69. The number of aliphatic carboxylic acids is 1. The molecule has 1 fully saturated rings. The van der Waals surface area contributed by atoms with Crippen molar-refractivity contribution in [2.24, 2.45) is 0 Å². The molecule has 3 nitrogen and oxygen atoms in total. The van der Waals surface area contributed by atoms with Gasteiger partial charge in [-0.2, -0.15) is 0 Å². The maximum Gasteiger partial charge on any atom is 0.304 e. The van der Waals surface area contributed by atoms with Crippen LogP contribution >= 0.6 is 15.9 Å². The predicted octanol–water partition coefficient (Wildman–Crippen LogP) is 2.89. The van der Waals surface area contributed by atoms with Crippen LogP contribution in [0.2, 0.25) is 0 Å². The fourth-order valence-corrected chi connectivity index (χ4v) is 3.19. The number of rotatable bonds is 3. The van der Waals surface area contributed by atoms with Gasteiger partial charge in [0.2, 0.25) is 0 Å². The van der Waals surface area contributed by atoms with E-state index in [0.717, 1.165) is 41.7 Å². The van der Waals surface area contributed by atoms with Crippen LogP contribution in [0.3, 0.4) is 0 Å². The molecule has 1 heterocycles. The molecule has 0 bridgehead atoms. The van der Waals surface area contributed by atoms with Gasteiger partial charge < -0.3 is 9.84 Å². The third kappa shape index (κ3) is 1.84. The van der Waals surface area contributed by atoms with Gasteiger partial charge in [-0.25, -0.2) is 0 Å². The van der Waals surface area contributed by atoms with Crippen molar-refractivity contribution in [3.05, 3.63) is 27.7 Å². The molecule has 0 aromatic heterocycles. The summed E-state index contributed by atoms with van der Waals surface area (Å²) in [7, 11) is 0. The number of carboxylic acid groups (broad SMARTS) is 1. The Balaban J connectivity index is 1.99. The highest BCUT2D eigenvalue weighted by Gasteiger charge is 2.46. The van der Waals surface area contributed by atoms with Crippen LogP contribution in [0.1, 0.15) is 30.4 Å². The third-order valence-corrected chi connectivity index (χ3v) is 4.28. The van der Waals surface area contributed by atoms with E-state index in [-0.39, 0.29) is 11.8 Å². The van der Waals surface area contributed by atoms with Crippen LogP contribution in [-0.4, -0.2) is 17.7 Å². The van der Waals surface area contributed by atoms with E-state index in [4.69, 9.17) is 9.84 Å². The van der Waals surface area contributed by atoms with Crippen molar-refractivity contribution >= 4 is 21.9 Å². The van der Waals surface area contributed by atoms with Gasteiger partial charge in [0, 0.05) is 11.8 Å². The minimum Gasteiger partial charge on any atom is -0.492 e. The number of carboxylic acids is 1. The Hall–Kier alpha value is -1.03. The molecule has 0 spiro atoms. The standard InChI is InChI=1S/C13H13BrO3/c14-10-6-9(5-8-1-4-17-12(8)10)13(2-3-13)7-11(15)16/h5-6H,1-4,7H2,(H,15,16). The molecule has 1 aromatic rings. The van der Waals surface area contributed by atoms with Gasteiger partial charge in [0.15, 0.2) is 0 Å². The van der Waals surface area contributed by atoms with Crippen LogP contribution in [0.4, 0.5) is 0 Å². The van der Waals surface area contributed by atoms with Gasteiger partial charge in [0.25, 0.3) is 0 Å². The lowest BCUT2D eigenvalue weighted by atomic mass is 9.91. The molecule has 0 atom stereocenters. The van der Waals surface area contributed by atoms with E-state index in [1.807, 2.05) is 6.07 Å². The molecule has 0 unspecified atom stereocenters. The minimum atomic E-state index is -0.713. The second-order valence-corrected chi connectivity index (χ2v) is 5.75. The van der Waals surface area contributed by atoms with E-state index in [0.29, 0.717) is 0 Å². The van der Waals surface area contributed by atoms with E-state index >= 15 is 0 Å². The monoisotopic (exact) mass is 296 g/mol. The average Bonchev–Trinajstić information content (AvgIpc) is 2.87. The van der Waals surface area contributed by atoms with Crippen molar-refractivity contribution < 1.29 is 14.6 Å². The molecule has 90 valence electrons. The van der Waals surface area contributed by atoms with Crippen molar-refractivity contribution in [3.63, 3.8) is 0 Å². The normalized spacial score (nSPS) is 19.6. The van der Waals surface area contributed by atoms with E-state index in [2.05, 4.69) is 22.0 Å². The minimum absolute atomic E-state index is 0.119. The van der Waals surface area contributed by atoms with Crippen LogP contribution in [0.5, 0.6) is 5.75 Å². The van der Waals surface area contributed by atoms with Crippen LogP contribution in [-0.2, 0) is 16.6 Å². The Morgan fingerprint density at radius 2 is 2.24 bits per heavy atom. The highest BCUT2D eigenvalue weighted by molar-refractivity contribution is 9.10. The first-order valence-corrected chi connectivity index (χ1v) is 6.57. The topological polar surface area (TPSA) is 46.5 Å². The largest absolute Gasteiger partial charge is 0.492 e. The smallest absolute Gasteiger partial charge is 0.304 e. The van der Waals surface area contributed by atoms with E-state index in [1.54, 1.807) is 0 Å². The number of benzene rings is 1. The van der Waals surface area contributed by atoms with Crippen molar-refractivity contribution in [2.45, 2.75) is 31.1 Å². The summed E-state index contributed by atoms with van der Waals surface area (Å²) in [6, 6.07) is 4.16. The quantitative estimate of drug-likeness (QED) is 0.933. The summed E-state index contributed by atoms with van der Waals surface area (Å²) in [6.07, 6.45) is 3.11. The van der Waals surface area contributed by atoms with Crippen molar-refractivity contribution in [1.82, 2.24) is 0 Å². The van der Waals surface area contributed by atoms with Gasteiger partial charge in [-0.05, 0) is 46.0 Å². The van der Waals surface area contributed by atoms with Gasteiger partial charge in [-0.3, -0.25) is 4.79 Å². The van der Waals surface area contributed by atoms with E-state index < -0.39 is 5.97 Å². The summed E-state index contributed by atoms with van der Waals surface area (Å²) in [5, 5.41) is 8.98. The highest BCUT2D eigenvalue weighted by Crippen LogP contribution is 2.53. The van der Waals surface area contributed by atoms with Crippen LogP contribution in [0.15, 0.2) is 16.6 Å². The Morgan fingerprint density at radius 1 is 1.47 bits per heavy atom. The summed E-state index contributed by atoms with van der Waals surface area (Å²) in [6.45, 7) is 0.726. The number of carbonyl (C=O) groups is 1. The number of halogens is 1. The summed E-state index contributed by atoms with van der Waals surface area (Å²) >= 11 is 3.51. The molecular weight excluding hydrogens is 284 g/mol. The SMILES string of the molecule is O=C(O)CC1(c2cc(Br)c3c(c2)CCO3)CC1. The summed E-state index contributed by atoms with van der Waals surface area (Å²) in [5.41, 5.74) is 2.23. The second kappa shape index (κ2) is 3.73. The molecule has 2 aliphatic rings. The van der Waals surface area contributed by atoms with Crippen LogP contribution in [0, 0.1) is 0 Å². The van der Waals surface area contributed by atoms with Crippen LogP contribution in [0.25, 0.3) is 0 Å². The second-order valence-electron chi connectivity index (χ2n) is 4.90. The number of ether oxygens (including phenoxy) is 1. The van der Waals surface area contributed by atoms with Gasteiger partial charge in [-0.15, -0.1) is 0 Å². The summed E-state index contributed by atoms with van der Waals surface area (Å²) in [4.78, 5) is 10.9. The zero-order valence-electron chi connectivity index (χ0n) is 9.33. The Labute approximate surface area is 108 Å². The molecule has 3 rings (SSSR count). The lowest BCUT2D eigenvalue weighted by Gasteiger charge is -2.15. The predicted molar refractivity (Wildman–Crippen MR) is 66.5 cm³/mol. The molecule has 0 amide bonds. The summed E-state index contributed by atoms with van der Waals surface area (Å²) < 4.78 is 6.49. The fourth-order valence-electron chi connectivity index (χ4n) is 2.57. The van der Waals surface area contributed by atoms with Crippen molar-refractivity contribution in [1.29, 1.82) is 0 Å². The molecular formula is C13H13BrO3. The fraction of sp³-hybridized carbons (Fsp3) is 0.462. The first-order valence-electron chi connectivity index (χ1n) is 5.78. The molecule has 0 saturated heterocycles. The van der Waals surface area contributed by atoms with Crippen molar-refractivity contribution in [3.8, 4) is 5.75 Å². The highest BCUT2D eigenvalue weighted by atomic mass is 79.9. The molecule has 0 radical (unpaired) electrons. The molecule has 1 N–H and O–H groups in total. The molecule has 17 heavy (non-hydrogen) atoms. The Bertz CT molecular complexity index is 492. The Kier molecular flexibility index (Phi) is 2.43. The number of fused-ring (bicyclic) bond motifs is 1. The first-order chi connectivity index (χ1) is 8.11. The van der Waals surface area contributed by atoms with Crippen LogP contribution < -0.4 is 4.74 Å². The number of hydrogen-bond donors (Lipinski definition) is 1. The maximum absolute atomic E-state index is 10.9. The van der Waals surface area contributed by atoms with Gasteiger partial charge in [-0.1, -0.05) is 6.07 Å². The molecule has 1 aromatic carbocycles. The number of hydrogen-bond acceptors (Lipinski definition) is 2. The van der Waals surface area contributed by atoms with Gasteiger partial charge >= 0.3 is 5.97 Å². The zero-order valence-corrected chi connectivity index (χ0v) is 10.9. The average molecular weight is 297 g/mol. The lowest BCUT2D eigenvalue weighted by Crippen LogP contribution is -2.13. The molecule has 1 saturated carbocycles. The van der Waals surface area contributed by atoms with Crippen molar-refractivity contribution in [2.75, 3.05) is 6.61 Å². The molecule has 4 heteroatoms. The first kappa shape index (κ1) is 11.1. The zero-order chi connectivity index (χ0) is 12.0. The maximum atomic E-state index is 10.9. The Morgan fingerprint density at radius 3 is 2.88 bits per heavy atom.